The lowest BCUT2D eigenvalue weighted by Crippen LogP contribution is -2.16. The first-order chi connectivity index (χ1) is 3.66. The van der Waals surface area contributed by atoms with E-state index in [1.807, 2.05) is 0 Å². The molecule has 0 aromatic heterocycles. The molecule has 0 aromatic rings. The lowest BCUT2D eigenvalue weighted by Gasteiger charge is -2.05. The molecule has 0 radical (unpaired) electrons. The molecule has 0 unspecified atom stereocenters. The molecule has 0 bridgehead atoms. The third-order valence-corrected chi connectivity index (χ3v) is 0.439. The maximum absolute atomic E-state index is 10.2. The SMILES string of the molecule is C=CC(=O)ON(C)C.Cl. The van der Waals surface area contributed by atoms with Gasteiger partial charge in [0.25, 0.3) is 0 Å². The monoisotopic (exact) mass is 151 g/mol. The van der Waals surface area contributed by atoms with Crippen LogP contribution in [0.25, 0.3) is 0 Å². The lowest BCUT2D eigenvalue weighted by molar-refractivity contribution is -0.171. The molecule has 3 nitrogen and oxygen atoms in total. The fourth-order valence-electron chi connectivity index (χ4n) is 0.217. The Kier molecular flexibility index (Phi) is 7.01. The molecule has 4 heteroatoms. The lowest BCUT2D eigenvalue weighted by atomic mass is 10.7. The van der Waals surface area contributed by atoms with Crippen LogP contribution < -0.4 is 0 Å². The van der Waals surface area contributed by atoms with Gasteiger partial charge in [-0.15, -0.1) is 17.5 Å². The van der Waals surface area contributed by atoms with Crippen molar-refractivity contribution < 1.29 is 9.63 Å². The van der Waals surface area contributed by atoms with Gasteiger partial charge in [-0.05, 0) is 0 Å². The van der Waals surface area contributed by atoms with E-state index in [2.05, 4.69) is 11.4 Å². The molecule has 0 spiro atoms. The average molecular weight is 152 g/mol. The summed E-state index contributed by atoms with van der Waals surface area (Å²) in [6.45, 7) is 3.21. The van der Waals surface area contributed by atoms with E-state index in [1.54, 1.807) is 14.1 Å². The molecular formula is C5H10ClNO2. The van der Waals surface area contributed by atoms with Gasteiger partial charge >= 0.3 is 5.97 Å². The smallest absolute Gasteiger partial charge is 0.349 e. The van der Waals surface area contributed by atoms with Crippen LogP contribution in [0.1, 0.15) is 0 Å². The second-order valence-corrected chi connectivity index (χ2v) is 1.43. The molecule has 0 saturated carbocycles. The van der Waals surface area contributed by atoms with Gasteiger partial charge in [0, 0.05) is 20.2 Å². The Balaban J connectivity index is 0. The molecule has 0 atom stereocenters. The predicted octanol–water partition coefficient (Wildman–Crippen LogP) is 0.614. The summed E-state index contributed by atoms with van der Waals surface area (Å²) in [4.78, 5) is 14.7. The Bertz CT molecular complexity index is 103. The van der Waals surface area contributed by atoms with E-state index in [4.69, 9.17) is 0 Å². The van der Waals surface area contributed by atoms with Crippen LogP contribution in [0.2, 0.25) is 0 Å². The fraction of sp³-hybridized carbons (Fsp3) is 0.400. The van der Waals surface area contributed by atoms with Crippen molar-refractivity contribution in [1.29, 1.82) is 0 Å². The van der Waals surface area contributed by atoms with Crippen LogP contribution in [0.4, 0.5) is 0 Å². The van der Waals surface area contributed by atoms with Gasteiger partial charge in [-0.3, -0.25) is 0 Å². The van der Waals surface area contributed by atoms with Gasteiger partial charge in [-0.2, -0.15) is 0 Å². The summed E-state index contributed by atoms with van der Waals surface area (Å²) in [5, 5.41) is 1.31. The zero-order valence-electron chi connectivity index (χ0n) is 5.46. The Morgan fingerprint density at radius 1 is 1.67 bits per heavy atom. The maximum Gasteiger partial charge on any atom is 0.349 e. The van der Waals surface area contributed by atoms with E-state index in [0.717, 1.165) is 6.08 Å². The van der Waals surface area contributed by atoms with Crippen molar-refractivity contribution in [3.8, 4) is 0 Å². The quantitative estimate of drug-likeness (QED) is 0.428. The molecule has 0 aliphatic heterocycles. The number of halogens is 1. The molecule has 0 N–H and O–H groups in total. The highest BCUT2D eigenvalue weighted by molar-refractivity contribution is 5.85. The van der Waals surface area contributed by atoms with Crippen molar-refractivity contribution in [1.82, 2.24) is 5.06 Å². The minimum absolute atomic E-state index is 0. The number of carbonyl (C=O) groups is 1. The van der Waals surface area contributed by atoms with Gasteiger partial charge in [-0.1, -0.05) is 6.58 Å². The Morgan fingerprint density at radius 3 is 2.22 bits per heavy atom. The fourth-order valence-corrected chi connectivity index (χ4v) is 0.217. The van der Waals surface area contributed by atoms with Crippen LogP contribution in [0, 0.1) is 0 Å². The highest BCUT2D eigenvalue weighted by atomic mass is 35.5. The highest BCUT2D eigenvalue weighted by Crippen LogP contribution is 1.79. The number of hydrogen-bond acceptors (Lipinski definition) is 3. The number of hydrogen-bond donors (Lipinski definition) is 0. The van der Waals surface area contributed by atoms with Crippen molar-refractivity contribution in [3.63, 3.8) is 0 Å². The zero-order chi connectivity index (χ0) is 6.57. The van der Waals surface area contributed by atoms with E-state index in [0.29, 0.717) is 0 Å². The molecule has 0 fully saturated rings. The summed E-state index contributed by atoms with van der Waals surface area (Å²) < 4.78 is 0. The van der Waals surface area contributed by atoms with Gasteiger partial charge in [0.15, 0.2) is 0 Å². The first-order valence-electron chi connectivity index (χ1n) is 2.18. The number of hydroxylamine groups is 2. The zero-order valence-corrected chi connectivity index (χ0v) is 6.27. The Morgan fingerprint density at radius 2 is 2.11 bits per heavy atom. The summed E-state index contributed by atoms with van der Waals surface area (Å²) in [7, 11) is 3.25. The van der Waals surface area contributed by atoms with Crippen molar-refractivity contribution in [2.24, 2.45) is 0 Å². The molecular weight excluding hydrogens is 142 g/mol. The second-order valence-electron chi connectivity index (χ2n) is 1.43. The molecule has 0 amide bonds. The van der Waals surface area contributed by atoms with E-state index >= 15 is 0 Å². The van der Waals surface area contributed by atoms with Crippen molar-refractivity contribution in [2.75, 3.05) is 14.1 Å². The third-order valence-electron chi connectivity index (χ3n) is 0.439. The summed E-state index contributed by atoms with van der Waals surface area (Å²) in [5.74, 6) is -0.435. The van der Waals surface area contributed by atoms with Gasteiger partial charge in [-0.25, -0.2) is 4.79 Å². The number of nitrogens with zero attached hydrogens (tertiary/aromatic N) is 1. The number of rotatable bonds is 2. The molecule has 0 saturated heterocycles. The van der Waals surface area contributed by atoms with Gasteiger partial charge in [0.05, 0.1) is 0 Å². The topological polar surface area (TPSA) is 29.5 Å². The van der Waals surface area contributed by atoms with Gasteiger partial charge < -0.3 is 4.84 Å². The Hall–Kier alpha value is -0.540. The van der Waals surface area contributed by atoms with E-state index < -0.39 is 5.97 Å². The summed E-state index contributed by atoms with van der Waals surface area (Å²) in [6, 6.07) is 0. The van der Waals surface area contributed by atoms with Crippen molar-refractivity contribution in [3.05, 3.63) is 12.7 Å². The van der Waals surface area contributed by atoms with Gasteiger partial charge in [0.1, 0.15) is 0 Å². The first-order valence-corrected chi connectivity index (χ1v) is 2.18. The minimum Gasteiger partial charge on any atom is -0.365 e. The second kappa shape index (κ2) is 5.59. The van der Waals surface area contributed by atoms with Crippen LogP contribution in [0.3, 0.4) is 0 Å². The van der Waals surface area contributed by atoms with E-state index in [-0.39, 0.29) is 12.4 Å². The van der Waals surface area contributed by atoms with Gasteiger partial charge in [0.2, 0.25) is 0 Å². The molecule has 0 heterocycles. The van der Waals surface area contributed by atoms with Crippen LogP contribution in [0.5, 0.6) is 0 Å². The molecule has 9 heavy (non-hydrogen) atoms. The first kappa shape index (κ1) is 11.3. The molecule has 0 aliphatic rings. The van der Waals surface area contributed by atoms with Crippen LogP contribution in [-0.4, -0.2) is 25.1 Å². The van der Waals surface area contributed by atoms with Crippen LogP contribution in [0.15, 0.2) is 12.7 Å². The van der Waals surface area contributed by atoms with E-state index in [9.17, 15) is 4.79 Å². The largest absolute Gasteiger partial charge is 0.365 e. The van der Waals surface area contributed by atoms with Crippen molar-refractivity contribution in [2.45, 2.75) is 0 Å². The minimum atomic E-state index is -0.435. The summed E-state index contributed by atoms with van der Waals surface area (Å²) in [6.07, 6.45) is 1.11. The summed E-state index contributed by atoms with van der Waals surface area (Å²) >= 11 is 0. The maximum atomic E-state index is 10.2. The predicted molar refractivity (Wildman–Crippen MR) is 37.2 cm³/mol. The van der Waals surface area contributed by atoms with Crippen molar-refractivity contribution >= 4 is 18.4 Å². The standard InChI is InChI=1S/C5H9NO2.ClH/c1-4-5(7)8-6(2)3;/h4H,1H2,2-3H3;1H. The summed E-state index contributed by atoms with van der Waals surface area (Å²) in [5.41, 5.74) is 0. The molecule has 0 aromatic carbocycles. The molecule has 0 rings (SSSR count). The molecule has 54 valence electrons. The third kappa shape index (κ3) is 7.46. The molecule has 0 aliphatic carbocycles. The normalized spacial score (nSPS) is 7.89. The van der Waals surface area contributed by atoms with E-state index in [1.165, 1.54) is 5.06 Å². The van der Waals surface area contributed by atoms with Crippen LogP contribution >= 0.6 is 12.4 Å². The highest BCUT2D eigenvalue weighted by Gasteiger charge is 1.94. The average Bonchev–Trinajstić information content (AvgIpc) is 1.65. The number of carbonyl (C=O) groups excluding carboxylic acids is 1. The van der Waals surface area contributed by atoms with Crippen LogP contribution in [-0.2, 0) is 9.63 Å². The Labute approximate surface area is 60.7 Å².